The minimum Gasteiger partial charge on any atom is -0.395 e. The summed E-state index contributed by atoms with van der Waals surface area (Å²) < 4.78 is 5.59. The fourth-order valence-corrected chi connectivity index (χ4v) is 4.10. The highest BCUT2D eigenvalue weighted by Crippen LogP contribution is 2.18. The number of β-amino-alcohol motifs (C(OH)–C–C–N with tert-alkyl or cyclic N) is 1. The first-order valence-electron chi connectivity index (χ1n) is 11.3. The number of benzene rings is 1. The maximum atomic E-state index is 12.4. The summed E-state index contributed by atoms with van der Waals surface area (Å²) in [6.07, 6.45) is 0. The van der Waals surface area contributed by atoms with Gasteiger partial charge in [0.25, 0.3) is 0 Å². The molecule has 0 unspecified atom stereocenters. The van der Waals surface area contributed by atoms with Gasteiger partial charge in [0.15, 0.2) is 11.6 Å². The van der Waals surface area contributed by atoms with E-state index < -0.39 is 0 Å². The molecule has 9 heteroatoms. The van der Waals surface area contributed by atoms with Crippen molar-refractivity contribution in [3.8, 4) is 0 Å². The van der Waals surface area contributed by atoms with Gasteiger partial charge in [-0.2, -0.15) is 0 Å². The molecule has 0 atom stereocenters. The zero-order valence-corrected chi connectivity index (χ0v) is 18.5. The van der Waals surface area contributed by atoms with Crippen LogP contribution in [-0.2, 0) is 16.1 Å². The van der Waals surface area contributed by atoms with E-state index in [2.05, 4.69) is 24.9 Å². The molecule has 2 saturated heterocycles. The van der Waals surface area contributed by atoms with Gasteiger partial charge in [-0.15, -0.1) is 10.2 Å². The molecule has 172 valence electrons. The van der Waals surface area contributed by atoms with Crippen LogP contribution in [0.15, 0.2) is 42.5 Å². The van der Waals surface area contributed by atoms with Gasteiger partial charge in [-0.05, 0) is 17.7 Å². The predicted molar refractivity (Wildman–Crippen MR) is 123 cm³/mol. The van der Waals surface area contributed by atoms with Crippen LogP contribution in [0.25, 0.3) is 0 Å². The van der Waals surface area contributed by atoms with E-state index in [4.69, 9.17) is 9.84 Å². The molecule has 2 fully saturated rings. The van der Waals surface area contributed by atoms with E-state index in [0.717, 1.165) is 63.0 Å². The Hall–Kier alpha value is -2.75. The Bertz CT molecular complexity index is 835. The van der Waals surface area contributed by atoms with Crippen molar-refractivity contribution in [3.63, 3.8) is 0 Å². The minimum absolute atomic E-state index is 0.0300. The van der Waals surface area contributed by atoms with Crippen molar-refractivity contribution < 1.29 is 14.6 Å². The van der Waals surface area contributed by atoms with E-state index in [9.17, 15) is 4.79 Å². The molecule has 1 aromatic carbocycles. The molecule has 2 aromatic rings. The number of hydrogen-bond acceptors (Lipinski definition) is 8. The molecule has 0 aliphatic carbocycles. The maximum Gasteiger partial charge on any atom is 0.248 e. The Kier molecular flexibility index (Phi) is 7.87. The van der Waals surface area contributed by atoms with Gasteiger partial charge in [-0.3, -0.25) is 9.69 Å². The van der Waals surface area contributed by atoms with Gasteiger partial charge in [-0.25, -0.2) is 0 Å². The second-order valence-electron chi connectivity index (χ2n) is 8.15. The van der Waals surface area contributed by atoms with Crippen LogP contribution in [0.1, 0.15) is 5.56 Å². The Labute approximate surface area is 189 Å². The summed E-state index contributed by atoms with van der Waals surface area (Å²) in [5.74, 6) is 1.77. The van der Waals surface area contributed by atoms with Gasteiger partial charge in [0, 0.05) is 58.9 Å². The molecular formula is C23H32N6O3. The zero-order chi connectivity index (χ0) is 22.2. The molecule has 3 heterocycles. The van der Waals surface area contributed by atoms with E-state index in [-0.39, 0.29) is 19.1 Å². The second kappa shape index (κ2) is 11.2. The first kappa shape index (κ1) is 22.4. The van der Waals surface area contributed by atoms with Crippen molar-refractivity contribution in [2.24, 2.45) is 0 Å². The van der Waals surface area contributed by atoms with Gasteiger partial charge in [0.05, 0.1) is 13.2 Å². The number of piperazine rings is 2. The quantitative estimate of drug-likeness (QED) is 0.634. The van der Waals surface area contributed by atoms with E-state index in [1.54, 1.807) is 0 Å². The van der Waals surface area contributed by atoms with Crippen molar-refractivity contribution in [1.82, 2.24) is 20.0 Å². The molecule has 0 bridgehead atoms. The third-order valence-electron chi connectivity index (χ3n) is 6.04. The summed E-state index contributed by atoms with van der Waals surface area (Å²) in [7, 11) is 0. The average molecular weight is 441 g/mol. The summed E-state index contributed by atoms with van der Waals surface area (Å²) in [6, 6.07) is 13.9. The van der Waals surface area contributed by atoms with E-state index in [0.29, 0.717) is 19.7 Å². The predicted octanol–water partition coefficient (Wildman–Crippen LogP) is 0.456. The standard InChI is InChI=1S/C23H32N6O3/c30-17-16-26-8-10-27(11-9-26)21-6-7-22(25-24-21)28-12-14-29(15-13-28)23(31)19-32-18-20-4-2-1-3-5-20/h1-7,30H,8-19H2. The smallest absolute Gasteiger partial charge is 0.248 e. The van der Waals surface area contributed by atoms with Crippen LogP contribution in [-0.4, -0.2) is 103 Å². The lowest BCUT2D eigenvalue weighted by atomic mass is 10.2. The zero-order valence-electron chi connectivity index (χ0n) is 18.5. The van der Waals surface area contributed by atoms with Crippen LogP contribution >= 0.6 is 0 Å². The first-order chi connectivity index (χ1) is 15.7. The Morgan fingerprint density at radius 3 is 2.00 bits per heavy atom. The lowest BCUT2D eigenvalue weighted by molar-refractivity contribution is -0.136. The van der Waals surface area contributed by atoms with E-state index in [1.165, 1.54) is 0 Å². The number of aliphatic hydroxyl groups excluding tert-OH is 1. The topological polar surface area (TPSA) is 85.3 Å². The summed E-state index contributed by atoms with van der Waals surface area (Å²) in [5.41, 5.74) is 1.07. The number of carbonyl (C=O) groups excluding carboxylic acids is 1. The van der Waals surface area contributed by atoms with Crippen molar-refractivity contribution >= 4 is 17.5 Å². The van der Waals surface area contributed by atoms with Gasteiger partial charge >= 0.3 is 0 Å². The minimum atomic E-state index is 0.0300. The summed E-state index contributed by atoms with van der Waals surface area (Å²) in [6.45, 7) is 7.90. The normalized spacial score (nSPS) is 17.6. The van der Waals surface area contributed by atoms with Gasteiger partial charge in [-0.1, -0.05) is 30.3 Å². The Balaban J connectivity index is 1.20. The lowest BCUT2D eigenvalue weighted by Crippen LogP contribution is -2.50. The molecule has 2 aliphatic heterocycles. The van der Waals surface area contributed by atoms with Crippen molar-refractivity contribution in [3.05, 3.63) is 48.0 Å². The third-order valence-corrected chi connectivity index (χ3v) is 6.04. The highest BCUT2D eigenvalue weighted by molar-refractivity contribution is 5.77. The third kappa shape index (κ3) is 5.93. The number of aliphatic hydroxyl groups is 1. The SMILES string of the molecule is O=C(COCc1ccccc1)N1CCN(c2ccc(N3CCN(CCO)CC3)nn2)CC1. The highest BCUT2D eigenvalue weighted by Gasteiger charge is 2.23. The maximum absolute atomic E-state index is 12.4. The molecular weight excluding hydrogens is 408 g/mol. The van der Waals surface area contributed by atoms with E-state index >= 15 is 0 Å². The molecule has 1 aromatic heterocycles. The van der Waals surface area contributed by atoms with Gasteiger partial charge < -0.3 is 24.5 Å². The number of carbonyl (C=O) groups is 1. The van der Waals surface area contributed by atoms with Gasteiger partial charge in [0.2, 0.25) is 5.91 Å². The lowest BCUT2D eigenvalue weighted by Gasteiger charge is -2.36. The molecule has 0 radical (unpaired) electrons. The molecule has 0 spiro atoms. The van der Waals surface area contributed by atoms with Crippen LogP contribution in [0, 0.1) is 0 Å². The Morgan fingerprint density at radius 2 is 1.44 bits per heavy atom. The van der Waals surface area contributed by atoms with Crippen LogP contribution in [0.2, 0.25) is 0 Å². The number of amides is 1. The van der Waals surface area contributed by atoms with Crippen molar-refractivity contribution in [1.29, 1.82) is 0 Å². The molecule has 32 heavy (non-hydrogen) atoms. The van der Waals surface area contributed by atoms with Crippen LogP contribution in [0.4, 0.5) is 11.6 Å². The number of rotatable bonds is 8. The van der Waals surface area contributed by atoms with E-state index in [1.807, 2.05) is 47.4 Å². The fourth-order valence-electron chi connectivity index (χ4n) is 4.10. The molecule has 0 saturated carbocycles. The average Bonchev–Trinajstić information content (AvgIpc) is 2.86. The Morgan fingerprint density at radius 1 is 0.844 bits per heavy atom. The van der Waals surface area contributed by atoms with Crippen LogP contribution in [0.3, 0.4) is 0 Å². The number of ether oxygens (including phenoxy) is 1. The van der Waals surface area contributed by atoms with Crippen LogP contribution in [0.5, 0.6) is 0 Å². The van der Waals surface area contributed by atoms with Crippen molar-refractivity contribution in [2.75, 3.05) is 81.9 Å². The number of aromatic nitrogens is 2. The highest BCUT2D eigenvalue weighted by atomic mass is 16.5. The molecule has 2 aliphatic rings. The monoisotopic (exact) mass is 440 g/mol. The molecule has 9 nitrogen and oxygen atoms in total. The summed E-state index contributed by atoms with van der Waals surface area (Å²) >= 11 is 0. The summed E-state index contributed by atoms with van der Waals surface area (Å²) in [5, 5.41) is 17.9. The number of nitrogens with zero attached hydrogens (tertiary/aromatic N) is 6. The largest absolute Gasteiger partial charge is 0.395 e. The molecule has 4 rings (SSSR count). The van der Waals surface area contributed by atoms with Crippen LogP contribution < -0.4 is 9.80 Å². The number of anilines is 2. The fraction of sp³-hybridized carbons (Fsp3) is 0.522. The summed E-state index contributed by atoms with van der Waals surface area (Å²) in [4.78, 5) is 21.0. The second-order valence-corrected chi connectivity index (χ2v) is 8.15. The van der Waals surface area contributed by atoms with Crippen molar-refractivity contribution in [2.45, 2.75) is 6.61 Å². The number of hydrogen-bond donors (Lipinski definition) is 1. The molecule has 1 N–H and O–H groups in total. The molecule has 1 amide bonds. The van der Waals surface area contributed by atoms with Gasteiger partial charge in [0.1, 0.15) is 6.61 Å². The first-order valence-corrected chi connectivity index (χ1v) is 11.3.